The summed E-state index contributed by atoms with van der Waals surface area (Å²) in [5.74, 6) is -0.542. The number of pyridine rings is 1. The van der Waals surface area contributed by atoms with E-state index in [0.717, 1.165) is 12.1 Å². The number of aromatic nitrogens is 1. The average Bonchev–Trinajstić information content (AvgIpc) is 2.25. The van der Waals surface area contributed by atoms with E-state index in [4.69, 9.17) is 5.73 Å². The first-order chi connectivity index (χ1) is 7.45. The summed E-state index contributed by atoms with van der Waals surface area (Å²) in [6, 6.07) is 1.83. The monoisotopic (exact) mass is 233 g/mol. The second-order valence-electron chi connectivity index (χ2n) is 2.97. The van der Waals surface area contributed by atoms with Crippen LogP contribution < -0.4 is 11.1 Å². The fraction of sp³-hybridized carbons (Fsp3) is 0.333. The summed E-state index contributed by atoms with van der Waals surface area (Å²) in [6.45, 7) is 0.508. The number of carbonyl (C=O) groups excluding carboxylic acids is 1. The zero-order valence-electron chi connectivity index (χ0n) is 8.21. The minimum absolute atomic E-state index is 0.0681. The predicted octanol–water partition coefficient (Wildman–Crippen LogP) is 0.789. The first kappa shape index (κ1) is 12.4. The normalized spacial score (nSPS) is 11.2. The van der Waals surface area contributed by atoms with Crippen LogP contribution in [0.1, 0.15) is 16.1 Å². The van der Waals surface area contributed by atoms with Gasteiger partial charge in [0.15, 0.2) is 0 Å². The van der Waals surface area contributed by atoms with Crippen LogP contribution in [0.25, 0.3) is 0 Å². The standard InChI is InChI=1S/C9H10F3N3O/c10-9(11,12)6-1-2-7(15-5-6)8(16)14-4-3-13/h1-2,5H,3-4,13H2,(H,14,16). The van der Waals surface area contributed by atoms with E-state index < -0.39 is 17.6 Å². The van der Waals surface area contributed by atoms with Crippen molar-refractivity contribution in [3.63, 3.8) is 0 Å². The van der Waals surface area contributed by atoms with Crippen molar-refractivity contribution < 1.29 is 18.0 Å². The maximum Gasteiger partial charge on any atom is 0.417 e. The molecular formula is C9H10F3N3O. The molecule has 1 rings (SSSR count). The molecule has 0 bridgehead atoms. The Balaban J connectivity index is 2.75. The molecule has 7 heteroatoms. The molecule has 0 fully saturated rings. The highest BCUT2D eigenvalue weighted by molar-refractivity contribution is 5.92. The average molecular weight is 233 g/mol. The third-order valence-electron chi connectivity index (χ3n) is 1.75. The Kier molecular flexibility index (Phi) is 3.83. The number of amides is 1. The summed E-state index contributed by atoms with van der Waals surface area (Å²) in [5, 5.41) is 2.40. The second kappa shape index (κ2) is 4.93. The molecule has 1 amide bonds. The van der Waals surface area contributed by atoms with Crippen molar-refractivity contribution in [2.45, 2.75) is 6.18 Å². The van der Waals surface area contributed by atoms with Gasteiger partial charge in [0.25, 0.3) is 5.91 Å². The zero-order valence-corrected chi connectivity index (χ0v) is 8.21. The molecule has 88 valence electrons. The highest BCUT2D eigenvalue weighted by Crippen LogP contribution is 2.28. The quantitative estimate of drug-likeness (QED) is 0.811. The third kappa shape index (κ3) is 3.20. The van der Waals surface area contributed by atoms with Crippen molar-refractivity contribution >= 4 is 5.91 Å². The number of halogens is 3. The van der Waals surface area contributed by atoms with Gasteiger partial charge in [0.05, 0.1) is 5.56 Å². The lowest BCUT2D eigenvalue weighted by Crippen LogP contribution is -2.29. The lowest BCUT2D eigenvalue weighted by Gasteiger charge is -2.06. The van der Waals surface area contributed by atoms with Crippen molar-refractivity contribution in [1.82, 2.24) is 10.3 Å². The first-order valence-electron chi connectivity index (χ1n) is 4.46. The summed E-state index contributed by atoms with van der Waals surface area (Å²) < 4.78 is 36.5. The number of rotatable bonds is 3. The number of hydrogen-bond donors (Lipinski definition) is 2. The molecule has 0 aliphatic rings. The number of alkyl halides is 3. The smallest absolute Gasteiger partial charge is 0.349 e. The zero-order chi connectivity index (χ0) is 12.2. The van der Waals surface area contributed by atoms with Gasteiger partial charge < -0.3 is 11.1 Å². The summed E-state index contributed by atoms with van der Waals surface area (Å²) in [6.07, 6.45) is -3.82. The van der Waals surface area contributed by atoms with Gasteiger partial charge in [-0.3, -0.25) is 9.78 Å². The Morgan fingerprint density at radius 2 is 2.12 bits per heavy atom. The Bertz CT molecular complexity index is 361. The molecule has 16 heavy (non-hydrogen) atoms. The molecule has 0 spiro atoms. The van der Waals surface area contributed by atoms with Gasteiger partial charge in [-0.05, 0) is 12.1 Å². The topological polar surface area (TPSA) is 68.0 Å². The Morgan fingerprint density at radius 1 is 1.44 bits per heavy atom. The fourth-order valence-electron chi connectivity index (χ4n) is 0.972. The van der Waals surface area contributed by atoms with Crippen molar-refractivity contribution in [2.75, 3.05) is 13.1 Å². The van der Waals surface area contributed by atoms with Crippen LogP contribution in [0.4, 0.5) is 13.2 Å². The molecule has 0 atom stereocenters. The largest absolute Gasteiger partial charge is 0.417 e. The highest BCUT2D eigenvalue weighted by atomic mass is 19.4. The lowest BCUT2D eigenvalue weighted by molar-refractivity contribution is -0.137. The number of carbonyl (C=O) groups is 1. The number of nitrogens with zero attached hydrogens (tertiary/aromatic N) is 1. The Hall–Kier alpha value is -1.63. The molecule has 0 saturated heterocycles. The van der Waals surface area contributed by atoms with Gasteiger partial charge >= 0.3 is 6.18 Å². The van der Waals surface area contributed by atoms with Gasteiger partial charge in [0, 0.05) is 19.3 Å². The molecule has 0 unspecified atom stereocenters. The molecule has 4 nitrogen and oxygen atoms in total. The van der Waals surface area contributed by atoms with Crippen LogP contribution in [0.2, 0.25) is 0 Å². The van der Waals surface area contributed by atoms with Gasteiger partial charge in [-0.15, -0.1) is 0 Å². The van der Waals surface area contributed by atoms with Crippen molar-refractivity contribution in [3.05, 3.63) is 29.6 Å². The van der Waals surface area contributed by atoms with E-state index in [-0.39, 0.29) is 18.8 Å². The minimum atomic E-state index is -4.45. The van der Waals surface area contributed by atoms with Gasteiger partial charge in [-0.1, -0.05) is 0 Å². The van der Waals surface area contributed by atoms with Crippen LogP contribution >= 0.6 is 0 Å². The maximum atomic E-state index is 12.2. The Morgan fingerprint density at radius 3 is 2.56 bits per heavy atom. The van der Waals surface area contributed by atoms with Crippen LogP contribution in [0.15, 0.2) is 18.3 Å². The summed E-state index contributed by atoms with van der Waals surface area (Å²) in [4.78, 5) is 14.7. The van der Waals surface area contributed by atoms with Gasteiger partial charge in [0.2, 0.25) is 0 Å². The minimum Gasteiger partial charge on any atom is -0.349 e. The van der Waals surface area contributed by atoms with Crippen molar-refractivity contribution in [1.29, 1.82) is 0 Å². The highest BCUT2D eigenvalue weighted by Gasteiger charge is 2.30. The van der Waals surface area contributed by atoms with Crippen LogP contribution in [0, 0.1) is 0 Å². The lowest BCUT2D eigenvalue weighted by atomic mass is 10.2. The number of nitrogens with two attached hydrogens (primary N) is 1. The van der Waals surface area contributed by atoms with E-state index in [2.05, 4.69) is 10.3 Å². The van der Waals surface area contributed by atoms with Gasteiger partial charge in [-0.25, -0.2) is 0 Å². The predicted molar refractivity (Wildman–Crippen MR) is 50.6 cm³/mol. The van der Waals surface area contributed by atoms with Crippen molar-refractivity contribution in [2.24, 2.45) is 5.73 Å². The van der Waals surface area contributed by atoms with Crippen LogP contribution in [0.3, 0.4) is 0 Å². The second-order valence-corrected chi connectivity index (χ2v) is 2.97. The molecule has 0 aliphatic carbocycles. The maximum absolute atomic E-state index is 12.2. The molecule has 3 N–H and O–H groups in total. The number of nitrogens with one attached hydrogen (secondary N) is 1. The van der Waals surface area contributed by atoms with Gasteiger partial charge in [0.1, 0.15) is 5.69 Å². The molecule has 0 saturated carbocycles. The van der Waals surface area contributed by atoms with Gasteiger partial charge in [-0.2, -0.15) is 13.2 Å². The summed E-state index contributed by atoms with van der Waals surface area (Å²) in [7, 11) is 0. The third-order valence-corrected chi connectivity index (χ3v) is 1.75. The van der Waals surface area contributed by atoms with E-state index >= 15 is 0 Å². The molecule has 0 aliphatic heterocycles. The molecule has 0 radical (unpaired) electrons. The summed E-state index contributed by atoms with van der Waals surface area (Å²) >= 11 is 0. The van der Waals surface area contributed by atoms with E-state index in [1.807, 2.05) is 0 Å². The Labute approximate surface area is 89.7 Å². The SMILES string of the molecule is NCCNC(=O)c1ccc(C(F)(F)F)cn1. The molecule has 1 aromatic rings. The first-order valence-corrected chi connectivity index (χ1v) is 4.46. The fourth-order valence-corrected chi connectivity index (χ4v) is 0.972. The molecule has 0 aromatic carbocycles. The molecule has 1 aromatic heterocycles. The molecule has 1 heterocycles. The van der Waals surface area contributed by atoms with Crippen LogP contribution in [-0.4, -0.2) is 24.0 Å². The van der Waals surface area contributed by atoms with Crippen LogP contribution in [0.5, 0.6) is 0 Å². The number of hydrogen-bond acceptors (Lipinski definition) is 3. The van der Waals surface area contributed by atoms with E-state index in [9.17, 15) is 18.0 Å². The molecular weight excluding hydrogens is 223 g/mol. The van der Waals surface area contributed by atoms with E-state index in [0.29, 0.717) is 6.20 Å². The summed E-state index contributed by atoms with van der Waals surface area (Å²) in [5.41, 5.74) is 4.20. The van der Waals surface area contributed by atoms with E-state index in [1.165, 1.54) is 0 Å². The van der Waals surface area contributed by atoms with Crippen LogP contribution in [-0.2, 0) is 6.18 Å². The van der Waals surface area contributed by atoms with E-state index in [1.54, 1.807) is 0 Å². The van der Waals surface area contributed by atoms with Crippen molar-refractivity contribution in [3.8, 4) is 0 Å².